The molecule has 0 aromatic carbocycles. The Morgan fingerprint density at radius 2 is 2.00 bits per heavy atom. The lowest BCUT2D eigenvalue weighted by Crippen LogP contribution is -2.61. The van der Waals surface area contributed by atoms with Gasteiger partial charge in [0, 0.05) is 43.1 Å². The predicted molar refractivity (Wildman–Crippen MR) is 131 cm³/mol. The Balaban J connectivity index is 1.64. The number of fused-ring (bicyclic) bond motifs is 1. The zero-order valence-electron chi connectivity index (χ0n) is 20.5. The van der Waals surface area contributed by atoms with Gasteiger partial charge in [-0.2, -0.15) is 5.26 Å². The predicted octanol–water partition coefficient (Wildman–Crippen LogP) is 2.54. The van der Waals surface area contributed by atoms with Crippen molar-refractivity contribution in [1.29, 1.82) is 5.26 Å². The molecule has 1 saturated heterocycles. The summed E-state index contributed by atoms with van der Waals surface area (Å²) in [4.78, 5) is 34.7. The SMILES string of the molecule is C[C@@H]1CN(c2ncnc3c2c(-c2cocn2)cn3-c2cc(C#N)ccn2)[C@@H](C)CN1C(=O)C(C)(C)O. The van der Waals surface area contributed by atoms with Crippen LogP contribution in [0, 0.1) is 11.3 Å². The van der Waals surface area contributed by atoms with Crippen LogP contribution in [0.15, 0.2) is 47.9 Å². The molecule has 0 bridgehead atoms. The van der Waals surface area contributed by atoms with Gasteiger partial charge in [-0.25, -0.2) is 19.9 Å². The fraction of sp³-hybridized carbons (Fsp3) is 0.360. The average Bonchev–Trinajstić information content (AvgIpc) is 3.52. The molecule has 36 heavy (non-hydrogen) atoms. The minimum atomic E-state index is -1.44. The molecule has 1 amide bonds. The summed E-state index contributed by atoms with van der Waals surface area (Å²) in [5.74, 6) is 0.940. The third-order valence-electron chi connectivity index (χ3n) is 6.43. The number of carbonyl (C=O) groups is 1. The van der Waals surface area contributed by atoms with Crippen LogP contribution in [0.5, 0.6) is 0 Å². The summed E-state index contributed by atoms with van der Waals surface area (Å²) in [5.41, 5.74) is 1.02. The second-order valence-corrected chi connectivity index (χ2v) is 9.56. The van der Waals surface area contributed by atoms with Crippen LogP contribution < -0.4 is 4.90 Å². The molecule has 0 unspecified atom stereocenters. The van der Waals surface area contributed by atoms with E-state index in [0.717, 1.165) is 10.9 Å². The van der Waals surface area contributed by atoms with E-state index >= 15 is 0 Å². The number of pyridine rings is 1. The van der Waals surface area contributed by atoms with Gasteiger partial charge in [0.2, 0.25) is 0 Å². The fourth-order valence-electron chi connectivity index (χ4n) is 4.65. The third kappa shape index (κ3) is 3.95. The van der Waals surface area contributed by atoms with E-state index in [1.165, 1.54) is 26.6 Å². The summed E-state index contributed by atoms with van der Waals surface area (Å²) < 4.78 is 7.08. The maximum Gasteiger partial charge on any atom is 0.254 e. The molecule has 1 N–H and O–H groups in total. The van der Waals surface area contributed by atoms with Crippen LogP contribution in [0.3, 0.4) is 0 Å². The lowest BCUT2D eigenvalue weighted by molar-refractivity contribution is -0.151. The highest BCUT2D eigenvalue weighted by atomic mass is 16.3. The number of amides is 1. The molecule has 184 valence electrons. The molecule has 0 saturated carbocycles. The van der Waals surface area contributed by atoms with Crippen LogP contribution in [0.25, 0.3) is 28.1 Å². The number of aliphatic hydroxyl groups is 1. The maximum atomic E-state index is 12.8. The zero-order chi connectivity index (χ0) is 25.6. The van der Waals surface area contributed by atoms with E-state index < -0.39 is 5.60 Å². The van der Waals surface area contributed by atoms with Crippen molar-refractivity contribution in [2.45, 2.75) is 45.4 Å². The molecule has 1 aliphatic heterocycles. The number of rotatable bonds is 4. The van der Waals surface area contributed by atoms with Gasteiger partial charge in [-0.15, -0.1) is 0 Å². The molecule has 5 heterocycles. The molecule has 11 heteroatoms. The monoisotopic (exact) mass is 486 g/mol. The Labute approximate surface area is 207 Å². The van der Waals surface area contributed by atoms with Gasteiger partial charge in [-0.05, 0) is 39.8 Å². The minimum absolute atomic E-state index is 0.0841. The van der Waals surface area contributed by atoms with Gasteiger partial charge in [0.25, 0.3) is 5.91 Å². The fourth-order valence-corrected chi connectivity index (χ4v) is 4.65. The van der Waals surface area contributed by atoms with E-state index in [2.05, 4.69) is 30.9 Å². The number of nitriles is 1. The van der Waals surface area contributed by atoms with Gasteiger partial charge in [0.05, 0.1) is 17.0 Å². The van der Waals surface area contributed by atoms with E-state index in [9.17, 15) is 15.2 Å². The molecule has 0 radical (unpaired) electrons. The van der Waals surface area contributed by atoms with E-state index in [4.69, 9.17) is 4.42 Å². The number of hydrogen-bond donors (Lipinski definition) is 1. The van der Waals surface area contributed by atoms with Crippen LogP contribution in [0.1, 0.15) is 33.3 Å². The zero-order valence-corrected chi connectivity index (χ0v) is 20.5. The van der Waals surface area contributed by atoms with E-state index in [0.29, 0.717) is 41.6 Å². The summed E-state index contributed by atoms with van der Waals surface area (Å²) in [6.45, 7) is 7.95. The molecular formula is C25H26N8O3. The van der Waals surface area contributed by atoms with E-state index in [-0.39, 0.29) is 18.0 Å². The first kappa shape index (κ1) is 23.4. The van der Waals surface area contributed by atoms with Gasteiger partial charge in [-0.3, -0.25) is 9.36 Å². The summed E-state index contributed by atoms with van der Waals surface area (Å²) >= 11 is 0. The standard InChI is InChI=1S/C25H26N8O3/c1-15-10-32(24(34)25(3,4)35)16(2)9-31(15)22-21-18(19-12-36-14-30-19)11-33(23(21)29-13-28-22)20-7-17(8-26)5-6-27-20/h5-7,11-16,35H,9-10H2,1-4H3/t15-,16+/m0/s1. The van der Waals surface area contributed by atoms with Crippen LogP contribution in [-0.4, -0.2) is 71.2 Å². The van der Waals surface area contributed by atoms with Gasteiger partial charge in [-0.1, -0.05) is 0 Å². The first-order valence-electron chi connectivity index (χ1n) is 11.6. The van der Waals surface area contributed by atoms with Crippen LogP contribution >= 0.6 is 0 Å². The lowest BCUT2D eigenvalue weighted by atomic mass is 10.0. The van der Waals surface area contributed by atoms with Crippen molar-refractivity contribution in [3.63, 3.8) is 0 Å². The normalized spacial score (nSPS) is 18.4. The summed E-state index contributed by atoms with van der Waals surface area (Å²) in [7, 11) is 0. The van der Waals surface area contributed by atoms with Gasteiger partial charge in [0.1, 0.15) is 35.5 Å². The Hall–Kier alpha value is -4.30. The highest BCUT2D eigenvalue weighted by Crippen LogP contribution is 2.37. The molecule has 11 nitrogen and oxygen atoms in total. The number of hydrogen-bond acceptors (Lipinski definition) is 9. The number of piperazine rings is 1. The smallest absolute Gasteiger partial charge is 0.254 e. The van der Waals surface area contributed by atoms with Crippen molar-refractivity contribution in [3.8, 4) is 23.1 Å². The molecule has 1 aliphatic rings. The molecule has 4 aromatic rings. The van der Waals surface area contributed by atoms with Crippen molar-refractivity contribution in [2.75, 3.05) is 18.0 Å². The molecule has 0 aliphatic carbocycles. The average molecular weight is 487 g/mol. The van der Waals surface area contributed by atoms with Crippen molar-refractivity contribution in [2.24, 2.45) is 0 Å². The van der Waals surface area contributed by atoms with Crippen molar-refractivity contribution < 1.29 is 14.3 Å². The second kappa shape index (κ2) is 8.73. The Bertz CT molecular complexity index is 1460. The van der Waals surface area contributed by atoms with Crippen molar-refractivity contribution in [3.05, 3.63) is 49.1 Å². The molecular weight excluding hydrogens is 460 g/mol. The second-order valence-electron chi connectivity index (χ2n) is 9.56. The highest BCUT2D eigenvalue weighted by molar-refractivity contribution is 6.01. The van der Waals surface area contributed by atoms with Crippen molar-refractivity contribution in [1.82, 2.24) is 29.4 Å². The molecule has 1 fully saturated rings. The third-order valence-corrected chi connectivity index (χ3v) is 6.43. The van der Waals surface area contributed by atoms with Gasteiger partial charge < -0.3 is 19.3 Å². The number of carbonyl (C=O) groups excluding carboxylic acids is 1. The van der Waals surface area contributed by atoms with E-state index in [1.807, 2.05) is 24.6 Å². The lowest BCUT2D eigenvalue weighted by Gasteiger charge is -2.46. The quantitative estimate of drug-likeness (QED) is 0.461. The molecule has 2 atom stereocenters. The van der Waals surface area contributed by atoms with Crippen LogP contribution in [0.4, 0.5) is 5.82 Å². The first-order valence-corrected chi connectivity index (χ1v) is 11.6. The Morgan fingerprint density at radius 3 is 2.69 bits per heavy atom. The Kier molecular flexibility index (Phi) is 5.68. The van der Waals surface area contributed by atoms with E-state index in [1.54, 1.807) is 29.5 Å². The Morgan fingerprint density at radius 1 is 1.19 bits per heavy atom. The summed E-state index contributed by atoms with van der Waals surface area (Å²) in [5, 5.41) is 20.4. The number of anilines is 1. The number of oxazole rings is 1. The van der Waals surface area contributed by atoms with Crippen LogP contribution in [-0.2, 0) is 4.79 Å². The maximum absolute atomic E-state index is 12.8. The number of aromatic nitrogens is 5. The number of nitrogens with zero attached hydrogens (tertiary/aromatic N) is 8. The topological polar surface area (TPSA) is 137 Å². The van der Waals surface area contributed by atoms with Crippen molar-refractivity contribution >= 4 is 22.8 Å². The first-order chi connectivity index (χ1) is 17.2. The van der Waals surface area contributed by atoms with Gasteiger partial charge >= 0.3 is 0 Å². The summed E-state index contributed by atoms with van der Waals surface area (Å²) in [6, 6.07) is 5.24. The van der Waals surface area contributed by atoms with Crippen LogP contribution in [0.2, 0.25) is 0 Å². The summed E-state index contributed by atoms with van der Waals surface area (Å²) in [6.07, 6.45) is 7.87. The highest BCUT2D eigenvalue weighted by Gasteiger charge is 2.39. The molecule has 5 rings (SSSR count). The van der Waals surface area contributed by atoms with Gasteiger partial charge in [0.15, 0.2) is 12.0 Å². The molecule has 4 aromatic heterocycles. The largest absolute Gasteiger partial charge is 0.451 e. The minimum Gasteiger partial charge on any atom is -0.451 e. The molecule has 0 spiro atoms.